The lowest BCUT2D eigenvalue weighted by atomic mass is 10.00. The van der Waals surface area contributed by atoms with Crippen LogP contribution in [0.2, 0.25) is 5.02 Å². The molecule has 0 saturated carbocycles. The smallest absolute Gasteiger partial charge is 0.269 e. The number of nitrogens with two attached hydrogens (primary N) is 1. The van der Waals surface area contributed by atoms with Crippen molar-refractivity contribution < 1.29 is 4.74 Å². The van der Waals surface area contributed by atoms with E-state index in [0.717, 1.165) is 0 Å². The number of ether oxygens (including phenoxy) is 1. The lowest BCUT2D eigenvalue weighted by molar-refractivity contribution is 0.407. The Labute approximate surface area is 115 Å². The zero-order valence-electron chi connectivity index (χ0n) is 10.6. The molecule has 0 radical (unpaired) electrons. The zero-order valence-corrected chi connectivity index (χ0v) is 11.4. The number of halogens is 1. The van der Waals surface area contributed by atoms with Crippen molar-refractivity contribution in [2.24, 2.45) is 5.73 Å². The van der Waals surface area contributed by atoms with E-state index >= 15 is 0 Å². The molecule has 0 aliphatic heterocycles. The van der Waals surface area contributed by atoms with Crippen molar-refractivity contribution in [3.05, 3.63) is 56.5 Å². The van der Waals surface area contributed by atoms with E-state index in [4.69, 9.17) is 22.1 Å². The van der Waals surface area contributed by atoms with Gasteiger partial charge in [-0.05, 0) is 31.2 Å². The van der Waals surface area contributed by atoms with Crippen LogP contribution < -0.4 is 16.0 Å². The first-order chi connectivity index (χ1) is 9.02. The van der Waals surface area contributed by atoms with Crippen LogP contribution in [-0.4, -0.2) is 17.3 Å². The predicted molar refractivity (Wildman–Crippen MR) is 73.6 cm³/mol. The van der Waals surface area contributed by atoms with Crippen molar-refractivity contribution in [2.75, 3.05) is 7.11 Å². The Kier molecular flexibility index (Phi) is 3.87. The number of methoxy groups -OCH3 is 1. The van der Waals surface area contributed by atoms with Crippen molar-refractivity contribution in [1.82, 2.24) is 10.2 Å². The van der Waals surface area contributed by atoms with Crippen LogP contribution >= 0.6 is 11.6 Å². The van der Waals surface area contributed by atoms with Crippen LogP contribution in [0.15, 0.2) is 29.1 Å². The second kappa shape index (κ2) is 5.42. The molecule has 0 aliphatic rings. The van der Waals surface area contributed by atoms with Gasteiger partial charge in [0.25, 0.3) is 5.56 Å². The maximum absolute atomic E-state index is 11.8. The molecule has 0 amide bonds. The third-order valence-electron chi connectivity index (χ3n) is 2.82. The van der Waals surface area contributed by atoms with Gasteiger partial charge in [-0.1, -0.05) is 11.6 Å². The van der Waals surface area contributed by atoms with Crippen LogP contribution in [0.4, 0.5) is 0 Å². The van der Waals surface area contributed by atoms with E-state index in [2.05, 4.69) is 10.2 Å². The highest BCUT2D eigenvalue weighted by Crippen LogP contribution is 2.29. The van der Waals surface area contributed by atoms with Gasteiger partial charge < -0.3 is 10.5 Å². The van der Waals surface area contributed by atoms with Crippen LogP contribution in [-0.2, 0) is 0 Å². The largest absolute Gasteiger partial charge is 0.496 e. The Bertz CT molecular complexity index is 655. The zero-order chi connectivity index (χ0) is 14.0. The summed E-state index contributed by atoms with van der Waals surface area (Å²) >= 11 is 5.97. The van der Waals surface area contributed by atoms with Gasteiger partial charge in [0.05, 0.1) is 18.8 Å². The summed E-state index contributed by atoms with van der Waals surface area (Å²) in [5.74, 6) is 0.589. The molecule has 3 N–H and O–H groups in total. The quantitative estimate of drug-likeness (QED) is 0.897. The van der Waals surface area contributed by atoms with Crippen molar-refractivity contribution >= 4 is 11.6 Å². The van der Waals surface area contributed by atoms with E-state index in [1.807, 2.05) is 0 Å². The van der Waals surface area contributed by atoms with Gasteiger partial charge >= 0.3 is 0 Å². The molecule has 0 saturated heterocycles. The minimum atomic E-state index is -0.626. The van der Waals surface area contributed by atoms with Crippen LogP contribution in [0.5, 0.6) is 5.75 Å². The SMILES string of the molecule is COc1ccc(Cl)cc1C(N)c1cc(C)n[nH]c1=O. The topological polar surface area (TPSA) is 81.0 Å². The number of hydrogen-bond donors (Lipinski definition) is 2. The first-order valence-corrected chi connectivity index (χ1v) is 6.06. The van der Waals surface area contributed by atoms with E-state index in [0.29, 0.717) is 27.6 Å². The molecule has 2 rings (SSSR count). The van der Waals surface area contributed by atoms with Gasteiger partial charge in [0.2, 0.25) is 0 Å². The molecule has 1 aromatic heterocycles. The number of rotatable bonds is 3. The van der Waals surface area contributed by atoms with E-state index in [-0.39, 0.29) is 5.56 Å². The number of aryl methyl sites for hydroxylation is 1. The maximum Gasteiger partial charge on any atom is 0.269 e. The summed E-state index contributed by atoms with van der Waals surface area (Å²) in [5.41, 5.74) is 7.59. The molecule has 100 valence electrons. The van der Waals surface area contributed by atoms with Gasteiger partial charge in [-0.25, -0.2) is 5.10 Å². The van der Waals surface area contributed by atoms with Crippen LogP contribution in [0.25, 0.3) is 0 Å². The van der Waals surface area contributed by atoms with E-state index in [1.54, 1.807) is 38.3 Å². The van der Waals surface area contributed by atoms with Crippen molar-refractivity contribution in [3.8, 4) is 5.75 Å². The van der Waals surface area contributed by atoms with Crippen molar-refractivity contribution in [1.29, 1.82) is 0 Å². The lowest BCUT2D eigenvalue weighted by Gasteiger charge is -2.15. The van der Waals surface area contributed by atoms with Crippen molar-refractivity contribution in [3.63, 3.8) is 0 Å². The molecule has 1 aromatic carbocycles. The fraction of sp³-hybridized carbons (Fsp3) is 0.231. The second-order valence-electron chi connectivity index (χ2n) is 4.16. The van der Waals surface area contributed by atoms with Gasteiger partial charge in [0.15, 0.2) is 0 Å². The molecule has 0 aliphatic carbocycles. The number of hydrogen-bond acceptors (Lipinski definition) is 4. The maximum atomic E-state index is 11.8. The molecule has 1 heterocycles. The first kappa shape index (κ1) is 13.6. The number of nitrogens with zero attached hydrogens (tertiary/aromatic N) is 1. The summed E-state index contributed by atoms with van der Waals surface area (Å²) in [4.78, 5) is 11.8. The molecular weight excluding hydrogens is 266 g/mol. The summed E-state index contributed by atoms with van der Waals surface area (Å²) in [7, 11) is 1.54. The third-order valence-corrected chi connectivity index (χ3v) is 3.06. The Morgan fingerprint density at radius 2 is 2.11 bits per heavy atom. The number of nitrogens with one attached hydrogen (secondary N) is 1. The van der Waals surface area contributed by atoms with E-state index < -0.39 is 6.04 Å². The van der Waals surface area contributed by atoms with Gasteiger partial charge in [0, 0.05) is 16.1 Å². The lowest BCUT2D eigenvalue weighted by Crippen LogP contribution is -2.24. The minimum Gasteiger partial charge on any atom is -0.496 e. The van der Waals surface area contributed by atoms with Gasteiger partial charge in [0.1, 0.15) is 5.75 Å². The number of aromatic amines is 1. The Hall–Kier alpha value is -1.85. The fourth-order valence-electron chi connectivity index (χ4n) is 1.87. The predicted octanol–water partition coefficient (Wildman–Crippen LogP) is 1.79. The third kappa shape index (κ3) is 2.77. The molecule has 0 bridgehead atoms. The standard InChI is InChI=1S/C13H14ClN3O2/c1-7-5-10(13(18)17-16-7)12(15)9-6-8(14)3-4-11(9)19-2/h3-6,12H,15H2,1-2H3,(H,17,18). The molecule has 1 atom stereocenters. The number of aromatic nitrogens is 2. The summed E-state index contributed by atoms with van der Waals surface area (Å²) in [6, 6.07) is 6.15. The van der Waals surface area contributed by atoms with Crippen LogP contribution in [0, 0.1) is 6.92 Å². The van der Waals surface area contributed by atoms with E-state index in [1.165, 1.54) is 0 Å². The summed E-state index contributed by atoms with van der Waals surface area (Å²) in [5, 5.41) is 6.77. The molecule has 5 nitrogen and oxygen atoms in total. The normalized spacial score (nSPS) is 12.2. The Morgan fingerprint density at radius 3 is 2.79 bits per heavy atom. The highest BCUT2D eigenvalue weighted by Gasteiger charge is 2.18. The average molecular weight is 280 g/mol. The highest BCUT2D eigenvalue weighted by molar-refractivity contribution is 6.30. The van der Waals surface area contributed by atoms with Gasteiger partial charge in [-0.2, -0.15) is 5.10 Å². The van der Waals surface area contributed by atoms with Gasteiger partial charge in [-0.3, -0.25) is 4.79 Å². The van der Waals surface area contributed by atoms with Crippen LogP contribution in [0.3, 0.4) is 0 Å². The van der Waals surface area contributed by atoms with Crippen LogP contribution in [0.1, 0.15) is 22.9 Å². The molecule has 1 unspecified atom stereocenters. The summed E-state index contributed by atoms with van der Waals surface area (Å²) in [6.45, 7) is 1.78. The number of H-pyrrole nitrogens is 1. The monoisotopic (exact) mass is 279 g/mol. The number of benzene rings is 1. The molecule has 19 heavy (non-hydrogen) atoms. The molecule has 0 spiro atoms. The fourth-order valence-corrected chi connectivity index (χ4v) is 2.05. The summed E-state index contributed by atoms with van der Waals surface area (Å²) in [6.07, 6.45) is 0. The Morgan fingerprint density at radius 1 is 1.37 bits per heavy atom. The first-order valence-electron chi connectivity index (χ1n) is 5.68. The second-order valence-corrected chi connectivity index (χ2v) is 4.59. The molecule has 0 fully saturated rings. The van der Waals surface area contributed by atoms with E-state index in [9.17, 15) is 4.79 Å². The average Bonchev–Trinajstić information content (AvgIpc) is 2.40. The highest BCUT2D eigenvalue weighted by atomic mass is 35.5. The van der Waals surface area contributed by atoms with Crippen molar-refractivity contribution in [2.45, 2.75) is 13.0 Å². The van der Waals surface area contributed by atoms with Gasteiger partial charge in [-0.15, -0.1) is 0 Å². The summed E-state index contributed by atoms with van der Waals surface area (Å²) < 4.78 is 5.25. The Balaban J connectivity index is 2.55. The molecular formula is C13H14ClN3O2. The minimum absolute atomic E-state index is 0.319. The molecule has 2 aromatic rings. The molecule has 6 heteroatoms.